The topological polar surface area (TPSA) is 29.3 Å². The van der Waals surface area contributed by atoms with Gasteiger partial charge in [-0.2, -0.15) is 13.2 Å². The third kappa shape index (κ3) is 3.76. The smallest absolute Gasteiger partial charge is 0.372 e. The summed E-state index contributed by atoms with van der Waals surface area (Å²) in [5.41, 5.74) is 6.05. The molecule has 1 aliphatic rings. The zero-order chi connectivity index (χ0) is 13.3. The molecule has 2 rings (SSSR count). The van der Waals surface area contributed by atoms with E-state index in [2.05, 4.69) is 0 Å². The molecule has 0 spiro atoms. The molecule has 1 aromatic carbocycles. The molecule has 0 aliphatic heterocycles. The van der Waals surface area contributed by atoms with E-state index in [0.717, 1.165) is 37.1 Å². The predicted molar refractivity (Wildman–Crippen MR) is 72.7 cm³/mol. The van der Waals surface area contributed by atoms with Crippen LogP contribution in [0.5, 0.6) is 0 Å². The van der Waals surface area contributed by atoms with Crippen molar-refractivity contribution in [1.82, 2.24) is 0 Å². The fourth-order valence-electron chi connectivity index (χ4n) is 2.44. The van der Waals surface area contributed by atoms with Gasteiger partial charge in [0.05, 0.1) is 5.56 Å². The maximum atomic E-state index is 12.4. The summed E-state index contributed by atoms with van der Waals surface area (Å²) < 4.78 is 37.3. The Kier molecular flexibility index (Phi) is 5.10. The van der Waals surface area contributed by atoms with Crippen molar-refractivity contribution in [1.29, 1.82) is 0 Å². The number of halogens is 4. The molecule has 1 aromatic rings. The van der Waals surface area contributed by atoms with E-state index in [1.807, 2.05) is 11.9 Å². The molecule has 108 valence electrons. The summed E-state index contributed by atoms with van der Waals surface area (Å²) in [5.74, 6) is 0. The Morgan fingerprint density at radius 1 is 1.16 bits per heavy atom. The van der Waals surface area contributed by atoms with Crippen molar-refractivity contribution in [3.63, 3.8) is 0 Å². The molecule has 19 heavy (non-hydrogen) atoms. The highest BCUT2D eigenvalue weighted by atomic mass is 35.5. The van der Waals surface area contributed by atoms with Gasteiger partial charge >= 0.3 is 6.18 Å². The normalized spacial score (nSPS) is 23.0. The van der Waals surface area contributed by atoms with Crippen molar-refractivity contribution in [2.45, 2.75) is 37.5 Å². The molecule has 0 bridgehead atoms. The summed E-state index contributed by atoms with van der Waals surface area (Å²) in [5, 5.41) is 0. The van der Waals surface area contributed by atoms with Gasteiger partial charge in [0.25, 0.3) is 0 Å². The Hall–Kier alpha value is -0.940. The number of rotatable bonds is 2. The van der Waals surface area contributed by atoms with E-state index in [4.69, 9.17) is 5.73 Å². The quantitative estimate of drug-likeness (QED) is 0.905. The van der Waals surface area contributed by atoms with Crippen molar-refractivity contribution in [3.8, 4) is 0 Å². The summed E-state index contributed by atoms with van der Waals surface area (Å²) in [4.78, 5) is 2.02. The maximum absolute atomic E-state index is 12.4. The largest absolute Gasteiger partial charge is 0.416 e. The van der Waals surface area contributed by atoms with E-state index in [9.17, 15) is 13.2 Å². The van der Waals surface area contributed by atoms with Crippen molar-refractivity contribution < 1.29 is 13.2 Å². The van der Waals surface area contributed by atoms with Crippen LogP contribution in [0.2, 0.25) is 0 Å². The molecular formula is C13H18ClF3N2. The second-order valence-electron chi connectivity index (χ2n) is 4.88. The van der Waals surface area contributed by atoms with Crippen LogP contribution < -0.4 is 10.6 Å². The summed E-state index contributed by atoms with van der Waals surface area (Å²) >= 11 is 0. The van der Waals surface area contributed by atoms with E-state index in [1.54, 1.807) is 0 Å². The Morgan fingerprint density at radius 2 is 1.74 bits per heavy atom. The van der Waals surface area contributed by atoms with Gasteiger partial charge in [-0.1, -0.05) is 0 Å². The van der Waals surface area contributed by atoms with Crippen molar-refractivity contribution >= 4 is 18.1 Å². The number of nitrogens with two attached hydrogens (primary N) is 1. The first kappa shape index (κ1) is 16.1. The lowest BCUT2D eigenvalue weighted by atomic mass is 10.1. The van der Waals surface area contributed by atoms with Gasteiger partial charge in [0, 0.05) is 24.8 Å². The zero-order valence-electron chi connectivity index (χ0n) is 10.7. The highest BCUT2D eigenvalue weighted by molar-refractivity contribution is 5.85. The van der Waals surface area contributed by atoms with Crippen molar-refractivity contribution in [3.05, 3.63) is 29.8 Å². The summed E-state index contributed by atoms with van der Waals surface area (Å²) in [7, 11) is 1.91. The van der Waals surface area contributed by atoms with Gasteiger partial charge in [-0.25, -0.2) is 0 Å². The number of hydrogen-bond donors (Lipinski definition) is 1. The van der Waals surface area contributed by atoms with Crippen LogP contribution in [0.4, 0.5) is 18.9 Å². The van der Waals surface area contributed by atoms with E-state index >= 15 is 0 Å². The Labute approximate surface area is 117 Å². The highest BCUT2D eigenvalue weighted by Gasteiger charge is 2.30. The van der Waals surface area contributed by atoms with Crippen LogP contribution in [-0.4, -0.2) is 19.1 Å². The van der Waals surface area contributed by atoms with Crippen LogP contribution in [0, 0.1) is 0 Å². The molecule has 0 unspecified atom stereocenters. The standard InChI is InChI=1S/C13H17F3N2.ClH/c1-18(12-7-4-10(17)8-12)11-5-2-9(3-6-11)13(14,15)16;/h2-3,5-6,10,12H,4,7-8,17H2,1H3;1H/t10-,12+;/m1./s1. The molecule has 0 radical (unpaired) electrons. The van der Waals surface area contributed by atoms with Crippen LogP contribution >= 0.6 is 12.4 Å². The summed E-state index contributed by atoms with van der Waals surface area (Å²) in [6.45, 7) is 0. The number of benzene rings is 1. The molecule has 0 saturated heterocycles. The van der Waals surface area contributed by atoms with E-state index < -0.39 is 11.7 Å². The fraction of sp³-hybridized carbons (Fsp3) is 0.538. The maximum Gasteiger partial charge on any atom is 0.416 e. The second kappa shape index (κ2) is 6.01. The molecule has 0 aromatic heterocycles. The minimum Gasteiger partial charge on any atom is -0.372 e. The molecule has 0 heterocycles. The van der Waals surface area contributed by atoms with Gasteiger partial charge in [0.1, 0.15) is 0 Å². The number of hydrogen-bond acceptors (Lipinski definition) is 2. The average Bonchev–Trinajstić information content (AvgIpc) is 2.74. The van der Waals surface area contributed by atoms with Gasteiger partial charge in [-0.05, 0) is 43.5 Å². The van der Waals surface area contributed by atoms with Crippen LogP contribution in [-0.2, 0) is 6.18 Å². The SMILES string of the molecule is CN(c1ccc(C(F)(F)F)cc1)[C@H]1CC[C@@H](N)C1.Cl. The van der Waals surface area contributed by atoms with Gasteiger partial charge < -0.3 is 10.6 Å². The van der Waals surface area contributed by atoms with E-state index in [-0.39, 0.29) is 18.4 Å². The summed E-state index contributed by atoms with van der Waals surface area (Å²) in [6, 6.07) is 5.84. The van der Waals surface area contributed by atoms with Gasteiger partial charge in [0.15, 0.2) is 0 Å². The molecule has 2 atom stereocenters. The lowest BCUT2D eigenvalue weighted by Gasteiger charge is -2.27. The van der Waals surface area contributed by atoms with E-state index in [1.165, 1.54) is 12.1 Å². The number of anilines is 1. The molecule has 1 fully saturated rings. The average molecular weight is 295 g/mol. The Morgan fingerprint density at radius 3 is 2.16 bits per heavy atom. The molecule has 6 heteroatoms. The van der Waals surface area contributed by atoms with Crippen LogP contribution in [0.3, 0.4) is 0 Å². The minimum absolute atomic E-state index is 0. The Bertz CT molecular complexity index is 405. The molecule has 2 nitrogen and oxygen atoms in total. The first-order valence-electron chi connectivity index (χ1n) is 6.03. The predicted octanol–water partition coefficient (Wildman–Crippen LogP) is 3.44. The van der Waals surface area contributed by atoms with Crippen molar-refractivity contribution in [2.75, 3.05) is 11.9 Å². The van der Waals surface area contributed by atoms with Crippen LogP contribution in [0.25, 0.3) is 0 Å². The lowest BCUT2D eigenvalue weighted by molar-refractivity contribution is -0.137. The number of alkyl halides is 3. The Balaban J connectivity index is 0.00000180. The zero-order valence-corrected chi connectivity index (χ0v) is 11.5. The van der Waals surface area contributed by atoms with Crippen molar-refractivity contribution in [2.24, 2.45) is 5.73 Å². The second-order valence-corrected chi connectivity index (χ2v) is 4.88. The highest BCUT2D eigenvalue weighted by Crippen LogP contribution is 2.32. The van der Waals surface area contributed by atoms with Crippen LogP contribution in [0.15, 0.2) is 24.3 Å². The molecule has 2 N–H and O–H groups in total. The monoisotopic (exact) mass is 294 g/mol. The first-order valence-corrected chi connectivity index (χ1v) is 6.03. The first-order chi connectivity index (χ1) is 8.38. The molecule has 0 amide bonds. The lowest BCUT2D eigenvalue weighted by Crippen LogP contribution is -2.30. The number of nitrogens with zero attached hydrogens (tertiary/aromatic N) is 1. The molecular weight excluding hydrogens is 277 g/mol. The molecule has 1 saturated carbocycles. The van der Waals surface area contributed by atoms with E-state index in [0.29, 0.717) is 6.04 Å². The third-order valence-electron chi connectivity index (χ3n) is 3.60. The minimum atomic E-state index is -4.27. The third-order valence-corrected chi connectivity index (χ3v) is 3.60. The fourth-order valence-corrected chi connectivity index (χ4v) is 2.44. The van der Waals surface area contributed by atoms with Gasteiger partial charge in [0.2, 0.25) is 0 Å². The summed E-state index contributed by atoms with van der Waals surface area (Å²) in [6.07, 6.45) is -1.39. The molecule has 1 aliphatic carbocycles. The van der Waals surface area contributed by atoms with Gasteiger partial charge in [-0.3, -0.25) is 0 Å². The van der Waals surface area contributed by atoms with Gasteiger partial charge in [-0.15, -0.1) is 12.4 Å². The van der Waals surface area contributed by atoms with Crippen LogP contribution in [0.1, 0.15) is 24.8 Å².